The van der Waals surface area contributed by atoms with Crippen LogP contribution in [0.3, 0.4) is 0 Å². The summed E-state index contributed by atoms with van der Waals surface area (Å²) in [4.78, 5) is 4.66. The van der Waals surface area contributed by atoms with Gasteiger partial charge in [-0.2, -0.15) is 0 Å². The third kappa shape index (κ3) is 8.55. The third-order valence-electron chi connectivity index (χ3n) is 3.48. The van der Waals surface area contributed by atoms with E-state index in [0.717, 1.165) is 58.7 Å². The van der Waals surface area contributed by atoms with Gasteiger partial charge in [-0.15, -0.1) is 0 Å². The molecule has 0 radical (unpaired) electrons. The normalized spacial score (nSPS) is 18.9. The van der Waals surface area contributed by atoms with Crippen molar-refractivity contribution in [2.75, 3.05) is 66.1 Å². The largest absolute Gasteiger partial charge is 0.389 e. The van der Waals surface area contributed by atoms with Gasteiger partial charge in [-0.25, -0.2) is 0 Å². The summed E-state index contributed by atoms with van der Waals surface area (Å²) in [5, 5.41) is 13.2. The summed E-state index contributed by atoms with van der Waals surface area (Å²) in [6.45, 7) is 10.6. The predicted molar refractivity (Wildman–Crippen MR) is 78.5 cm³/mol. The Kier molecular flexibility index (Phi) is 9.38. The van der Waals surface area contributed by atoms with Crippen LogP contribution in [0.2, 0.25) is 0 Å². The van der Waals surface area contributed by atoms with E-state index in [0.29, 0.717) is 13.2 Å². The van der Waals surface area contributed by atoms with E-state index in [9.17, 15) is 5.11 Å². The van der Waals surface area contributed by atoms with Crippen molar-refractivity contribution in [3.05, 3.63) is 0 Å². The van der Waals surface area contributed by atoms with Crippen LogP contribution in [-0.2, 0) is 4.74 Å². The Morgan fingerprint density at radius 3 is 2.79 bits per heavy atom. The molecule has 5 heteroatoms. The zero-order valence-corrected chi connectivity index (χ0v) is 12.6. The molecule has 5 nitrogen and oxygen atoms in total. The number of unbranched alkanes of at least 4 members (excludes halogenated alkanes) is 1. The van der Waals surface area contributed by atoms with Crippen molar-refractivity contribution in [3.63, 3.8) is 0 Å². The minimum atomic E-state index is -0.370. The van der Waals surface area contributed by atoms with E-state index >= 15 is 0 Å². The Bertz CT molecular complexity index is 211. The van der Waals surface area contributed by atoms with E-state index in [1.54, 1.807) is 0 Å². The van der Waals surface area contributed by atoms with Gasteiger partial charge in [-0.1, -0.05) is 13.3 Å². The smallest absolute Gasteiger partial charge is 0.0900 e. The molecule has 1 saturated heterocycles. The Balaban J connectivity index is 2.00. The summed E-state index contributed by atoms with van der Waals surface area (Å²) in [6, 6.07) is 0. The minimum Gasteiger partial charge on any atom is -0.389 e. The molecule has 0 aromatic carbocycles. The van der Waals surface area contributed by atoms with Crippen LogP contribution >= 0.6 is 0 Å². The second-order valence-corrected chi connectivity index (χ2v) is 5.44. The first-order valence-corrected chi connectivity index (χ1v) is 7.59. The van der Waals surface area contributed by atoms with E-state index in [-0.39, 0.29) is 6.10 Å². The maximum Gasteiger partial charge on any atom is 0.0900 e. The average Bonchev–Trinajstić information content (AvgIpc) is 2.42. The summed E-state index contributed by atoms with van der Waals surface area (Å²) in [5.74, 6) is 0. The Hall–Kier alpha value is -0.200. The number of likely N-dealkylation sites (N-methyl/N-ethyl adjacent to an activating group) is 1. The first-order valence-electron chi connectivity index (χ1n) is 7.59. The zero-order valence-electron chi connectivity index (χ0n) is 12.6. The topological polar surface area (TPSA) is 48.0 Å². The quantitative estimate of drug-likeness (QED) is 0.549. The molecule has 1 aliphatic heterocycles. The molecule has 1 unspecified atom stereocenters. The van der Waals surface area contributed by atoms with Gasteiger partial charge in [0.1, 0.15) is 0 Å². The van der Waals surface area contributed by atoms with Crippen LogP contribution in [0.1, 0.15) is 19.8 Å². The molecule has 19 heavy (non-hydrogen) atoms. The van der Waals surface area contributed by atoms with E-state index in [1.807, 2.05) is 0 Å². The molecule has 0 amide bonds. The van der Waals surface area contributed by atoms with Crippen LogP contribution < -0.4 is 5.32 Å². The number of rotatable bonds is 10. The van der Waals surface area contributed by atoms with Crippen LogP contribution in [0.5, 0.6) is 0 Å². The Morgan fingerprint density at radius 2 is 2.11 bits per heavy atom. The summed E-state index contributed by atoms with van der Waals surface area (Å²) in [6.07, 6.45) is 1.84. The van der Waals surface area contributed by atoms with E-state index < -0.39 is 0 Å². The number of aliphatic hydroxyl groups is 1. The standard InChI is InChI=1S/C14H31N3O2/c1-3-4-11-19-13-14(18)12-16(2)9-10-17-7-5-15-6-8-17/h14-15,18H,3-13H2,1-2H3. The van der Waals surface area contributed by atoms with Gasteiger partial charge in [0, 0.05) is 52.4 Å². The summed E-state index contributed by atoms with van der Waals surface area (Å²) in [7, 11) is 2.07. The van der Waals surface area contributed by atoms with Crippen molar-refractivity contribution >= 4 is 0 Å². The van der Waals surface area contributed by atoms with E-state index in [2.05, 4.69) is 29.1 Å². The fourth-order valence-corrected chi connectivity index (χ4v) is 2.22. The number of aliphatic hydroxyl groups excluding tert-OH is 1. The van der Waals surface area contributed by atoms with Crippen molar-refractivity contribution in [3.8, 4) is 0 Å². The molecular weight excluding hydrogens is 242 g/mol. The fraction of sp³-hybridized carbons (Fsp3) is 1.00. The van der Waals surface area contributed by atoms with Gasteiger partial charge in [0.2, 0.25) is 0 Å². The lowest BCUT2D eigenvalue weighted by Crippen LogP contribution is -2.46. The lowest BCUT2D eigenvalue weighted by atomic mass is 10.3. The SMILES string of the molecule is CCCCOCC(O)CN(C)CCN1CCNCC1. The highest BCUT2D eigenvalue weighted by atomic mass is 16.5. The molecule has 1 aliphatic rings. The molecule has 0 bridgehead atoms. The molecule has 1 fully saturated rings. The highest BCUT2D eigenvalue weighted by Gasteiger charge is 2.12. The lowest BCUT2D eigenvalue weighted by molar-refractivity contribution is 0.0186. The van der Waals surface area contributed by atoms with Gasteiger partial charge in [0.15, 0.2) is 0 Å². The van der Waals surface area contributed by atoms with Crippen molar-refractivity contribution in [1.29, 1.82) is 0 Å². The molecule has 0 spiro atoms. The third-order valence-corrected chi connectivity index (χ3v) is 3.48. The number of hydrogen-bond acceptors (Lipinski definition) is 5. The number of piperazine rings is 1. The van der Waals surface area contributed by atoms with Gasteiger partial charge >= 0.3 is 0 Å². The predicted octanol–water partition coefficient (Wildman–Crippen LogP) is 0.00100. The van der Waals surface area contributed by atoms with Gasteiger partial charge in [-0.3, -0.25) is 4.90 Å². The van der Waals surface area contributed by atoms with E-state index in [1.165, 1.54) is 0 Å². The molecule has 1 rings (SSSR count). The Morgan fingerprint density at radius 1 is 1.37 bits per heavy atom. The highest BCUT2D eigenvalue weighted by molar-refractivity contribution is 4.69. The van der Waals surface area contributed by atoms with Crippen LogP contribution in [0, 0.1) is 0 Å². The molecule has 0 aromatic heterocycles. The number of nitrogens with one attached hydrogen (secondary N) is 1. The lowest BCUT2D eigenvalue weighted by Gasteiger charge is -2.29. The second-order valence-electron chi connectivity index (χ2n) is 5.44. The van der Waals surface area contributed by atoms with E-state index in [4.69, 9.17) is 4.74 Å². The first-order chi connectivity index (χ1) is 9.22. The average molecular weight is 273 g/mol. The number of ether oxygens (including phenoxy) is 1. The first kappa shape index (κ1) is 16.9. The van der Waals surface area contributed by atoms with Gasteiger partial charge in [0.05, 0.1) is 12.7 Å². The van der Waals surface area contributed by atoms with Gasteiger partial charge in [-0.05, 0) is 13.5 Å². The fourth-order valence-electron chi connectivity index (χ4n) is 2.22. The summed E-state index contributed by atoms with van der Waals surface area (Å²) >= 11 is 0. The van der Waals surface area contributed by atoms with Crippen LogP contribution in [0.4, 0.5) is 0 Å². The van der Waals surface area contributed by atoms with Gasteiger partial charge < -0.3 is 20.1 Å². The molecule has 0 aliphatic carbocycles. The Labute approximate surface area is 117 Å². The van der Waals surface area contributed by atoms with Crippen molar-refractivity contribution in [2.45, 2.75) is 25.9 Å². The number of nitrogens with zero attached hydrogens (tertiary/aromatic N) is 2. The molecule has 114 valence electrons. The summed E-state index contributed by atoms with van der Waals surface area (Å²) in [5.41, 5.74) is 0. The van der Waals surface area contributed by atoms with Crippen molar-refractivity contribution in [1.82, 2.24) is 15.1 Å². The molecular formula is C14H31N3O2. The summed E-state index contributed by atoms with van der Waals surface area (Å²) < 4.78 is 5.44. The van der Waals surface area contributed by atoms with Crippen molar-refractivity contribution < 1.29 is 9.84 Å². The van der Waals surface area contributed by atoms with Gasteiger partial charge in [0.25, 0.3) is 0 Å². The molecule has 2 N–H and O–H groups in total. The maximum absolute atomic E-state index is 9.87. The molecule has 1 heterocycles. The van der Waals surface area contributed by atoms with Crippen LogP contribution in [-0.4, -0.2) is 87.1 Å². The van der Waals surface area contributed by atoms with Crippen LogP contribution in [0.15, 0.2) is 0 Å². The molecule has 1 atom stereocenters. The van der Waals surface area contributed by atoms with Crippen LogP contribution in [0.25, 0.3) is 0 Å². The minimum absolute atomic E-state index is 0.370. The zero-order chi connectivity index (χ0) is 13.9. The molecule has 0 aromatic rings. The maximum atomic E-state index is 9.87. The number of hydrogen-bond donors (Lipinski definition) is 2. The second kappa shape index (κ2) is 10.6. The van der Waals surface area contributed by atoms with Crippen molar-refractivity contribution in [2.24, 2.45) is 0 Å². The highest BCUT2D eigenvalue weighted by Crippen LogP contribution is 1.96. The monoisotopic (exact) mass is 273 g/mol. The molecule has 0 saturated carbocycles.